The number of anilines is 1. The van der Waals surface area contributed by atoms with Gasteiger partial charge in [-0.3, -0.25) is 10.1 Å². The van der Waals surface area contributed by atoms with Crippen LogP contribution in [0.5, 0.6) is 5.75 Å². The van der Waals surface area contributed by atoms with E-state index in [0.29, 0.717) is 35.5 Å². The molecule has 2 aromatic carbocycles. The smallest absolute Gasteiger partial charge is 0.271 e. The van der Waals surface area contributed by atoms with Gasteiger partial charge in [0.2, 0.25) is 0 Å². The Morgan fingerprint density at radius 1 is 1.39 bits per heavy atom. The molecular weight excluding hydrogens is 402 g/mol. The van der Waals surface area contributed by atoms with E-state index in [4.69, 9.17) is 28.6 Å². The van der Waals surface area contributed by atoms with E-state index in [-0.39, 0.29) is 17.5 Å². The van der Waals surface area contributed by atoms with Crippen molar-refractivity contribution in [2.45, 2.75) is 25.5 Å². The summed E-state index contributed by atoms with van der Waals surface area (Å²) in [5, 5.41) is 24.8. The number of nitrogens with one attached hydrogen (secondary N) is 1. The molecule has 0 saturated carbocycles. The van der Waals surface area contributed by atoms with Crippen molar-refractivity contribution in [2.75, 3.05) is 18.5 Å². The average molecular weight is 422 g/mol. The molecule has 2 aromatic rings. The van der Waals surface area contributed by atoms with Gasteiger partial charge in [0.25, 0.3) is 5.69 Å². The van der Waals surface area contributed by atoms with Gasteiger partial charge in [0.05, 0.1) is 21.7 Å². The number of ether oxygens (including phenoxy) is 1. The number of non-ortho nitro benzene ring substituents is 1. The third-order valence-electron chi connectivity index (χ3n) is 4.49. The second-order valence-electron chi connectivity index (χ2n) is 6.50. The number of nitro groups is 1. The van der Waals surface area contributed by atoms with Gasteiger partial charge in [0.1, 0.15) is 5.75 Å². The van der Waals surface area contributed by atoms with E-state index in [1.54, 1.807) is 12.1 Å². The summed E-state index contributed by atoms with van der Waals surface area (Å²) in [4.78, 5) is 12.4. The zero-order chi connectivity index (χ0) is 20.1. The van der Waals surface area contributed by atoms with Crippen LogP contribution in [0, 0.1) is 10.1 Å². The molecule has 1 atom stereocenters. The van der Waals surface area contributed by atoms with Crippen LogP contribution in [0.3, 0.4) is 0 Å². The summed E-state index contributed by atoms with van der Waals surface area (Å²) in [5.41, 5.74) is 0.992. The molecule has 1 heterocycles. The number of thiocarbonyl (C=S) groups is 1. The summed E-state index contributed by atoms with van der Waals surface area (Å²) in [5.74, 6) is 0.177. The fraction of sp³-hybridized carbons (Fsp3) is 0.316. The highest BCUT2D eigenvalue weighted by Gasteiger charge is 2.22. The maximum atomic E-state index is 11.0. The lowest BCUT2D eigenvalue weighted by Gasteiger charge is -2.28. The first-order chi connectivity index (χ1) is 13.4. The summed E-state index contributed by atoms with van der Waals surface area (Å²) in [6.07, 6.45) is 1.95. The number of aromatic hydroxyl groups is 1. The summed E-state index contributed by atoms with van der Waals surface area (Å²) < 4.78 is 5.72. The van der Waals surface area contributed by atoms with Crippen LogP contribution in [0.15, 0.2) is 42.5 Å². The molecule has 3 rings (SSSR count). The van der Waals surface area contributed by atoms with E-state index >= 15 is 0 Å². The highest BCUT2D eigenvalue weighted by molar-refractivity contribution is 7.80. The molecule has 1 fully saturated rings. The molecule has 148 valence electrons. The molecule has 0 spiro atoms. The van der Waals surface area contributed by atoms with E-state index in [1.165, 1.54) is 18.2 Å². The van der Waals surface area contributed by atoms with Gasteiger partial charge in [0.15, 0.2) is 5.11 Å². The van der Waals surface area contributed by atoms with E-state index in [1.807, 2.05) is 17.0 Å². The van der Waals surface area contributed by atoms with Crippen LogP contribution in [-0.2, 0) is 11.3 Å². The second-order valence-corrected chi connectivity index (χ2v) is 7.29. The van der Waals surface area contributed by atoms with Crippen molar-refractivity contribution in [1.29, 1.82) is 0 Å². The number of para-hydroxylation sites is 1. The molecular formula is C19H20ClN3O4S. The SMILES string of the molecule is O=[N+]([O-])c1ccc(Cl)c(NC(=S)N(Cc2ccccc2O)CC2CCCO2)c1. The lowest BCUT2D eigenvalue weighted by molar-refractivity contribution is -0.384. The molecule has 9 heteroatoms. The standard InChI is InChI=1S/C19H20ClN3O4S/c20-16-8-7-14(23(25)26)10-17(16)21-19(28)22(12-15-5-3-9-27-15)11-13-4-1-2-6-18(13)24/h1-2,4,6-8,10,15,24H,3,5,9,11-12H2,(H,21,28). The van der Waals surface area contributed by atoms with Gasteiger partial charge in [-0.2, -0.15) is 0 Å². The molecule has 2 N–H and O–H groups in total. The zero-order valence-electron chi connectivity index (χ0n) is 15.0. The molecule has 0 aliphatic carbocycles. The van der Waals surface area contributed by atoms with Crippen LogP contribution in [0.4, 0.5) is 11.4 Å². The Morgan fingerprint density at radius 2 is 2.18 bits per heavy atom. The first-order valence-corrected chi connectivity index (χ1v) is 9.61. The number of hydrogen-bond donors (Lipinski definition) is 2. The number of phenolic OH excluding ortho intramolecular Hbond substituents is 1. The predicted molar refractivity (Wildman–Crippen MR) is 112 cm³/mol. The van der Waals surface area contributed by atoms with Gasteiger partial charge in [-0.25, -0.2) is 0 Å². The van der Waals surface area contributed by atoms with Crippen LogP contribution in [0.1, 0.15) is 18.4 Å². The minimum absolute atomic E-state index is 0.0335. The van der Waals surface area contributed by atoms with Gasteiger partial charge in [-0.05, 0) is 37.2 Å². The molecule has 0 amide bonds. The van der Waals surface area contributed by atoms with Crippen molar-refractivity contribution in [3.05, 3.63) is 63.2 Å². The van der Waals surface area contributed by atoms with Crippen molar-refractivity contribution in [1.82, 2.24) is 4.90 Å². The highest BCUT2D eigenvalue weighted by Crippen LogP contribution is 2.28. The number of benzene rings is 2. The molecule has 1 saturated heterocycles. The molecule has 1 unspecified atom stereocenters. The lowest BCUT2D eigenvalue weighted by atomic mass is 10.1. The minimum Gasteiger partial charge on any atom is -0.508 e. The van der Waals surface area contributed by atoms with Crippen LogP contribution < -0.4 is 5.32 Å². The maximum absolute atomic E-state index is 11.0. The van der Waals surface area contributed by atoms with Crippen molar-refractivity contribution in [3.63, 3.8) is 0 Å². The number of nitrogens with zero attached hydrogens (tertiary/aromatic N) is 2. The summed E-state index contributed by atoms with van der Waals surface area (Å²) in [6.45, 7) is 1.61. The van der Waals surface area contributed by atoms with Crippen LogP contribution >= 0.6 is 23.8 Å². The first kappa shape index (κ1) is 20.3. The van der Waals surface area contributed by atoms with Gasteiger partial charge in [-0.1, -0.05) is 29.8 Å². The maximum Gasteiger partial charge on any atom is 0.271 e. The van der Waals surface area contributed by atoms with Crippen LogP contribution in [0.2, 0.25) is 5.02 Å². The number of rotatable bonds is 6. The van der Waals surface area contributed by atoms with Crippen LogP contribution in [0.25, 0.3) is 0 Å². The van der Waals surface area contributed by atoms with E-state index in [2.05, 4.69) is 5.32 Å². The quantitative estimate of drug-likeness (QED) is 0.407. The summed E-state index contributed by atoms with van der Waals surface area (Å²) in [6, 6.07) is 11.2. The minimum atomic E-state index is -0.489. The Balaban J connectivity index is 1.80. The number of halogens is 1. The Bertz CT molecular complexity index is 874. The Morgan fingerprint density at radius 3 is 2.86 bits per heavy atom. The number of nitro benzene ring substituents is 1. The fourth-order valence-corrected chi connectivity index (χ4v) is 3.43. The predicted octanol–water partition coefficient (Wildman–Crippen LogP) is 4.33. The monoisotopic (exact) mass is 421 g/mol. The normalized spacial score (nSPS) is 16.0. The molecule has 7 nitrogen and oxygen atoms in total. The third-order valence-corrected chi connectivity index (χ3v) is 5.18. The van der Waals surface area contributed by atoms with Crippen molar-refractivity contribution in [3.8, 4) is 5.75 Å². The van der Waals surface area contributed by atoms with Gasteiger partial charge in [-0.15, -0.1) is 0 Å². The summed E-state index contributed by atoms with van der Waals surface area (Å²) in [7, 11) is 0. The topological polar surface area (TPSA) is 87.9 Å². The average Bonchev–Trinajstić information content (AvgIpc) is 3.17. The van der Waals surface area contributed by atoms with E-state index < -0.39 is 4.92 Å². The van der Waals surface area contributed by atoms with Crippen molar-refractivity contribution >= 4 is 40.3 Å². The number of hydrogen-bond acceptors (Lipinski definition) is 5. The van der Waals surface area contributed by atoms with E-state index in [0.717, 1.165) is 18.4 Å². The van der Waals surface area contributed by atoms with Gasteiger partial charge >= 0.3 is 0 Å². The molecule has 1 aliphatic heterocycles. The van der Waals surface area contributed by atoms with Gasteiger partial charge < -0.3 is 20.1 Å². The molecule has 1 aliphatic rings. The molecule has 0 radical (unpaired) electrons. The highest BCUT2D eigenvalue weighted by atomic mass is 35.5. The Kier molecular flexibility index (Phi) is 6.66. The van der Waals surface area contributed by atoms with Crippen LogP contribution in [-0.4, -0.2) is 39.3 Å². The van der Waals surface area contributed by atoms with E-state index in [9.17, 15) is 15.2 Å². The number of phenols is 1. The summed E-state index contributed by atoms with van der Waals surface area (Å²) >= 11 is 11.7. The molecule has 28 heavy (non-hydrogen) atoms. The first-order valence-electron chi connectivity index (χ1n) is 8.82. The Labute approximate surface area is 173 Å². The zero-order valence-corrected chi connectivity index (χ0v) is 16.6. The third kappa shape index (κ3) is 5.09. The second kappa shape index (κ2) is 9.18. The van der Waals surface area contributed by atoms with Gasteiger partial charge in [0, 0.05) is 37.4 Å². The molecule has 0 aromatic heterocycles. The van der Waals surface area contributed by atoms with Crippen molar-refractivity contribution < 1.29 is 14.8 Å². The lowest BCUT2D eigenvalue weighted by Crippen LogP contribution is -2.39. The Hall–Kier alpha value is -2.42. The largest absolute Gasteiger partial charge is 0.508 e. The fourth-order valence-electron chi connectivity index (χ4n) is 3.02. The van der Waals surface area contributed by atoms with Crippen molar-refractivity contribution in [2.24, 2.45) is 0 Å². The molecule has 0 bridgehead atoms.